The summed E-state index contributed by atoms with van der Waals surface area (Å²) in [4.78, 5) is 12.8. The number of anilines is 1. The average Bonchev–Trinajstić information content (AvgIpc) is 2.46. The van der Waals surface area contributed by atoms with E-state index in [1.54, 1.807) is 6.33 Å². The monoisotopic (exact) mass is 191 g/mol. The zero-order valence-electron chi connectivity index (χ0n) is 8.57. The van der Waals surface area contributed by atoms with Crippen LogP contribution < -0.4 is 5.32 Å². The molecule has 0 saturated heterocycles. The number of nitrogens with zero attached hydrogens (tertiary/aromatic N) is 4. The normalized spacial score (nSPS) is 10.8. The lowest BCUT2D eigenvalue weighted by atomic mass is 10.5. The summed E-state index contributed by atoms with van der Waals surface area (Å²) in [7, 11) is 1.95. The molecule has 0 amide bonds. The smallest absolute Gasteiger partial charge is 0.165 e. The lowest BCUT2D eigenvalue weighted by Crippen LogP contribution is -2.01. The minimum absolute atomic E-state index is 0.807. The number of rotatable bonds is 2. The highest BCUT2D eigenvalue weighted by Crippen LogP contribution is 2.17. The SMILES string of the molecule is CCNc1ncnc2c1nc(C)n2C. The van der Waals surface area contributed by atoms with Crippen LogP contribution in [0.2, 0.25) is 0 Å². The van der Waals surface area contributed by atoms with Crippen LogP contribution in [0.3, 0.4) is 0 Å². The Morgan fingerprint density at radius 2 is 2.21 bits per heavy atom. The molecule has 2 heterocycles. The fourth-order valence-corrected chi connectivity index (χ4v) is 1.40. The predicted molar refractivity (Wildman–Crippen MR) is 55.2 cm³/mol. The summed E-state index contributed by atoms with van der Waals surface area (Å²) in [6.45, 7) is 4.82. The minimum Gasteiger partial charge on any atom is -0.368 e. The van der Waals surface area contributed by atoms with Gasteiger partial charge in [0, 0.05) is 13.6 Å². The van der Waals surface area contributed by atoms with Crippen LogP contribution in [0.4, 0.5) is 5.82 Å². The van der Waals surface area contributed by atoms with Gasteiger partial charge in [0.05, 0.1) is 0 Å². The van der Waals surface area contributed by atoms with Crippen molar-refractivity contribution in [3.8, 4) is 0 Å². The molecule has 2 aromatic heterocycles. The molecule has 0 aromatic carbocycles. The third kappa shape index (κ3) is 1.21. The number of hydrogen-bond acceptors (Lipinski definition) is 4. The molecule has 0 unspecified atom stereocenters. The first-order valence-corrected chi connectivity index (χ1v) is 4.62. The summed E-state index contributed by atoms with van der Waals surface area (Å²) in [6.07, 6.45) is 1.56. The predicted octanol–water partition coefficient (Wildman–Crippen LogP) is 1.10. The van der Waals surface area contributed by atoms with Crippen molar-refractivity contribution >= 4 is 17.0 Å². The Hall–Kier alpha value is -1.65. The Morgan fingerprint density at radius 1 is 1.43 bits per heavy atom. The number of hydrogen-bond donors (Lipinski definition) is 1. The molecule has 0 aliphatic carbocycles. The van der Waals surface area contributed by atoms with E-state index in [1.165, 1.54) is 0 Å². The Kier molecular flexibility index (Phi) is 2.07. The van der Waals surface area contributed by atoms with E-state index in [0.717, 1.165) is 29.4 Å². The van der Waals surface area contributed by atoms with Gasteiger partial charge in [0.1, 0.15) is 12.2 Å². The molecule has 0 atom stereocenters. The second-order valence-corrected chi connectivity index (χ2v) is 3.14. The molecule has 5 nitrogen and oxygen atoms in total. The van der Waals surface area contributed by atoms with E-state index in [-0.39, 0.29) is 0 Å². The summed E-state index contributed by atoms with van der Waals surface area (Å²) in [5.74, 6) is 1.75. The molecule has 0 fully saturated rings. The van der Waals surface area contributed by atoms with Crippen molar-refractivity contribution in [2.75, 3.05) is 11.9 Å². The number of aromatic nitrogens is 4. The summed E-state index contributed by atoms with van der Waals surface area (Å²) >= 11 is 0. The van der Waals surface area contributed by atoms with Crippen molar-refractivity contribution in [3.63, 3.8) is 0 Å². The number of imidazole rings is 1. The second kappa shape index (κ2) is 3.25. The van der Waals surface area contributed by atoms with Gasteiger partial charge in [-0.3, -0.25) is 0 Å². The highest BCUT2D eigenvalue weighted by molar-refractivity contribution is 5.83. The molecule has 0 bridgehead atoms. The number of fused-ring (bicyclic) bond motifs is 1. The quantitative estimate of drug-likeness (QED) is 0.772. The Morgan fingerprint density at radius 3 is 2.93 bits per heavy atom. The number of nitrogens with one attached hydrogen (secondary N) is 1. The highest BCUT2D eigenvalue weighted by Gasteiger charge is 2.09. The van der Waals surface area contributed by atoms with Crippen molar-refractivity contribution in [2.24, 2.45) is 7.05 Å². The van der Waals surface area contributed by atoms with E-state index < -0.39 is 0 Å². The standard InChI is InChI=1S/C9H13N5/c1-4-10-8-7-9(12-5-11-8)14(3)6(2)13-7/h5H,4H2,1-3H3,(H,10,11,12). The van der Waals surface area contributed by atoms with Gasteiger partial charge in [-0.05, 0) is 13.8 Å². The van der Waals surface area contributed by atoms with Gasteiger partial charge >= 0.3 is 0 Å². The van der Waals surface area contributed by atoms with Crippen molar-refractivity contribution in [3.05, 3.63) is 12.2 Å². The molecular weight excluding hydrogens is 178 g/mol. The molecular formula is C9H13N5. The fraction of sp³-hybridized carbons (Fsp3) is 0.444. The maximum absolute atomic E-state index is 4.41. The molecule has 0 aliphatic heterocycles. The summed E-state index contributed by atoms with van der Waals surface area (Å²) in [5, 5.41) is 3.16. The van der Waals surface area contributed by atoms with E-state index in [2.05, 4.69) is 20.3 Å². The second-order valence-electron chi connectivity index (χ2n) is 3.14. The molecule has 2 aromatic rings. The molecule has 0 aliphatic rings. The van der Waals surface area contributed by atoms with Crippen LogP contribution in [0.5, 0.6) is 0 Å². The van der Waals surface area contributed by atoms with E-state index >= 15 is 0 Å². The Labute approximate surface area is 82.2 Å². The largest absolute Gasteiger partial charge is 0.368 e. The van der Waals surface area contributed by atoms with Crippen LogP contribution in [-0.2, 0) is 7.05 Å². The van der Waals surface area contributed by atoms with E-state index in [4.69, 9.17) is 0 Å². The molecule has 0 saturated carbocycles. The van der Waals surface area contributed by atoms with Crippen LogP contribution in [0.15, 0.2) is 6.33 Å². The first-order chi connectivity index (χ1) is 6.74. The summed E-state index contributed by atoms with van der Waals surface area (Å²) in [5.41, 5.74) is 1.71. The van der Waals surface area contributed by atoms with Gasteiger partial charge in [-0.25, -0.2) is 15.0 Å². The van der Waals surface area contributed by atoms with Gasteiger partial charge in [-0.15, -0.1) is 0 Å². The summed E-state index contributed by atoms with van der Waals surface area (Å²) in [6, 6.07) is 0. The van der Waals surface area contributed by atoms with Crippen LogP contribution in [0.25, 0.3) is 11.2 Å². The van der Waals surface area contributed by atoms with Gasteiger partial charge < -0.3 is 9.88 Å². The summed E-state index contributed by atoms with van der Waals surface area (Å²) < 4.78 is 1.96. The minimum atomic E-state index is 0.807. The van der Waals surface area contributed by atoms with Crippen LogP contribution in [0, 0.1) is 6.92 Å². The molecule has 74 valence electrons. The molecule has 2 rings (SSSR count). The van der Waals surface area contributed by atoms with Crippen molar-refractivity contribution in [1.82, 2.24) is 19.5 Å². The highest BCUT2D eigenvalue weighted by atomic mass is 15.1. The van der Waals surface area contributed by atoms with Gasteiger partial charge in [0.2, 0.25) is 0 Å². The molecule has 0 spiro atoms. The van der Waals surface area contributed by atoms with Gasteiger partial charge in [0.25, 0.3) is 0 Å². The van der Waals surface area contributed by atoms with Crippen molar-refractivity contribution < 1.29 is 0 Å². The maximum atomic E-state index is 4.41. The molecule has 0 radical (unpaired) electrons. The fourth-order valence-electron chi connectivity index (χ4n) is 1.40. The van der Waals surface area contributed by atoms with Crippen LogP contribution >= 0.6 is 0 Å². The van der Waals surface area contributed by atoms with Crippen LogP contribution in [0.1, 0.15) is 12.7 Å². The van der Waals surface area contributed by atoms with Crippen LogP contribution in [-0.4, -0.2) is 26.1 Å². The average molecular weight is 191 g/mol. The topological polar surface area (TPSA) is 55.6 Å². The van der Waals surface area contributed by atoms with E-state index in [1.807, 2.05) is 25.5 Å². The van der Waals surface area contributed by atoms with E-state index in [9.17, 15) is 0 Å². The lowest BCUT2D eigenvalue weighted by molar-refractivity contribution is 0.873. The zero-order chi connectivity index (χ0) is 10.1. The third-order valence-electron chi connectivity index (χ3n) is 2.22. The molecule has 1 N–H and O–H groups in total. The molecule has 5 heteroatoms. The van der Waals surface area contributed by atoms with Gasteiger partial charge in [0.15, 0.2) is 17.0 Å². The third-order valence-corrected chi connectivity index (χ3v) is 2.22. The number of aryl methyl sites for hydroxylation is 2. The van der Waals surface area contributed by atoms with Gasteiger partial charge in [-0.1, -0.05) is 0 Å². The van der Waals surface area contributed by atoms with Crippen molar-refractivity contribution in [1.29, 1.82) is 0 Å². The maximum Gasteiger partial charge on any atom is 0.165 e. The molecule has 14 heavy (non-hydrogen) atoms. The Balaban J connectivity index is 2.68. The first-order valence-electron chi connectivity index (χ1n) is 4.62. The zero-order valence-corrected chi connectivity index (χ0v) is 8.57. The lowest BCUT2D eigenvalue weighted by Gasteiger charge is -2.01. The van der Waals surface area contributed by atoms with Gasteiger partial charge in [-0.2, -0.15) is 0 Å². The van der Waals surface area contributed by atoms with Crippen molar-refractivity contribution in [2.45, 2.75) is 13.8 Å². The van der Waals surface area contributed by atoms with E-state index in [0.29, 0.717) is 0 Å². The Bertz CT molecular complexity index is 459. The first kappa shape index (κ1) is 8.93.